The number of hydrogen-bond acceptors (Lipinski definition) is 13. The van der Waals surface area contributed by atoms with Crippen molar-refractivity contribution in [2.45, 2.75) is 80.7 Å². The van der Waals surface area contributed by atoms with Crippen LogP contribution >= 0.6 is 0 Å². The molecule has 34 heavy (non-hydrogen) atoms. The zero-order valence-electron chi connectivity index (χ0n) is 19.1. The van der Waals surface area contributed by atoms with Crippen LogP contribution in [0.1, 0.15) is 19.3 Å². The number of nitrogens with one attached hydrogen (secondary N) is 1. The molecule has 2 rings (SSSR count). The van der Waals surface area contributed by atoms with Crippen LogP contribution in [-0.4, -0.2) is 138 Å². The molecule has 2 aliphatic heterocycles. The second kappa shape index (κ2) is 14.5. The smallest absolute Gasteiger partial charge is 0.220 e. The first-order valence-corrected chi connectivity index (χ1v) is 11.3. The molecule has 14 nitrogen and oxygen atoms in total. The molecule has 10 atom stereocenters. The average Bonchev–Trinajstić information content (AvgIpc) is 2.82. The number of carbonyl (C=O) groups excluding carboxylic acids is 1. The number of ether oxygens (including phenoxy) is 5. The minimum atomic E-state index is -1.73. The van der Waals surface area contributed by atoms with Crippen LogP contribution in [0.3, 0.4) is 0 Å². The molecule has 0 saturated carbocycles. The van der Waals surface area contributed by atoms with Crippen LogP contribution in [0.2, 0.25) is 0 Å². The maximum absolute atomic E-state index is 11.8. The molecule has 2 heterocycles. The van der Waals surface area contributed by atoms with E-state index < -0.39 is 68.0 Å². The summed E-state index contributed by atoms with van der Waals surface area (Å²) >= 11 is 0. The fourth-order valence-corrected chi connectivity index (χ4v) is 3.72. The van der Waals surface area contributed by atoms with Crippen LogP contribution in [0.5, 0.6) is 0 Å². The molecule has 0 radical (unpaired) electrons. The van der Waals surface area contributed by atoms with Crippen molar-refractivity contribution in [2.75, 3.05) is 40.0 Å². The lowest BCUT2D eigenvalue weighted by molar-refractivity contribution is -0.360. The molecule has 2 saturated heterocycles. The molecular weight excluding hydrogens is 460 g/mol. The van der Waals surface area contributed by atoms with E-state index in [1.165, 1.54) is 7.11 Å². The first kappa shape index (κ1) is 29.2. The average molecular weight is 499 g/mol. The van der Waals surface area contributed by atoms with Crippen molar-refractivity contribution in [3.8, 4) is 0 Å². The number of aliphatic hydroxyl groups is 6. The highest BCUT2D eigenvalue weighted by molar-refractivity contribution is 5.75. The molecule has 0 aliphatic carbocycles. The summed E-state index contributed by atoms with van der Waals surface area (Å²) in [7, 11) is 1.38. The number of nitrogens with two attached hydrogens (primary N) is 1. The van der Waals surface area contributed by atoms with Crippen molar-refractivity contribution in [1.82, 2.24) is 5.32 Å². The van der Waals surface area contributed by atoms with Crippen LogP contribution in [0, 0.1) is 0 Å². The van der Waals surface area contributed by atoms with Crippen molar-refractivity contribution >= 4 is 5.91 Å². The Kier molecular flexibility index (Phi) is 12.5. The Labute approximate surface area is 197 Å². The van der Waals surface area contributed by atoms with Gasteiger partial charge in [0, 0.05) is 20.1 Å². The maximum Gasteiger partial charge on any atom is 0.220 e. The monoisotopic (exact) mass is 498 g/mol. The Balaban J connectivity index is 1.97. The van der Waals surface area contributed by atoms with Gasteiger partial charge in [-0.15, -0.1) is 0 Å². The number of rotatable bonds is 13. The number of carbonyl (C=O) groups is 1. The highest BCUT2D eigenvalue weighted by Crippen LogP contribution is 2.29. The maximum atomic E-state index is 11.8. The predicted octanol–water partition coefficient (Wildman–Crippen LogP) is -4.47. The Bertz CT molecular complexity index is 600. The molecule has 200 valence electrons. The van der Waals surface area contributed by atoms with E-state index in [1.807, 2.05) is 0 Å². The molecule has 1 amide bonds. The van der Waals surface area contributed by atoms with Crippen molar-refractivity contribution in [1.29, 1.82) is 0 Å². The van der Waals surface area contributed by atoms with Crippen LogP contribution in [0.15, 0.2) is 0 Å². The standard InChI is InChI=1S/C20H38N2O12/c1-30-9-11-14(26)18(34-20-16(28)15(27)13(25)10(8-23)32-20)17(29)19(33-11)31-7-6-22-12(24)4-2-3-5-21/h10-11,13-20,23,25-29H,2-9,21H2,1H3,(H,22,24)/t10?,11?,13-,14-,15?,16?,17?,18?,19+,20-/m1/s1. The fourth-order valence-electron chi connectivity index (χ4n) is 3.72. The molecule has 2 fully saturated rings. The topological polar surface area (TPSA) is 223 Å². The predicted molar refractivity (Wildman–Crippen MR) is 113 cm³/mol. The van der Waals surface area contributed by atoms with E-state index in [-0.39, 0.29) is 25.7 Å². The minimum absolute atomic E-state index is 0.0209. The molecule has 2 aliphatic rings. The van der Waals surface area contributed by atoms with E-state index in [9.17, 15) is 35.4 Å². The van der Waals surface area contributed by atoms with Gasteiger partial charge in [0.25, 0.3) is 0 Å². The summed E-state index contributed by atoms with van der Waals surface area (Å²) in [6.45, 7) is -0.120. The molecular formula is C20H38N2O12. The Morgan fingerprint density at radius 1 is 0.941 bits per heavy atom. The highest BCUT2D eigenvalue weighted by atomic mass is 16.7. The molecule has 0 bridgehead atoms. The van der Waals surface area contributed by atoms with E-state index in [0.29, 0.717) is 19.4 Å². The van der Waals surface area contributed by atoms with Gasteiger partial charge in [0.2, 0.25) is 5.91 Å². The summed E-state index contributed by atoms with van der Waals surface area (Å²) in [6, 6.07) is 0. The summed E-state index contributed by atoms with van der Waals surface area (Å²) in [4.78, 5) is 11.8. The summed E-state index contributed by atoms with van der Waals surface area (Å²) < 4.78 is 27.0. The van der Waals surface area contributed by atoms with Crippen LogP contribution < -0.4 is 11.1 Å². The second-order valence-electron chi connectivity index (χ2n) is 8.24. The molecule has 9 N–H and O–H groups in total. The van der Waals surface area contributed by atoms with Crippen LogP contribution in [0.4, 0.5) is 0 Å². The van der Waals surface area contributed by atoms with Gasteiger partial charge in [0.05, 0.1) is 19.8 Å². The van der Waals surface area contributed by atoms with Gasteiger partial charge in [-0.2, -0.15) is 0 Å². The van der Waals surface area contributed by atoms with E-state index in [4.69, 9.17) is 29.4 Å². The first-order chi connectivity index (χ1) is 16.2. The molecule has 0 aromatic heterocycles. The van der Waals surface area contributed by atoms with Crippen molar-refractivity contribution in [3.05, 3.63) is 0 Å². The van der Waals surface area contributed by atoms with E-state index in [1.54, 1.807) is 0 Å². The largest absolute Gasteiger partial charge is 0.394 e. The number of amides is 1. The highest BCUT2D eigenvalue weighted by Gasteiger charge is 2.50. The summed E-state index contributed by atoms with van der Waals surface area (Å²) in [6.07, 6.45) is -12.8. The van der Waals surface area contributed by atoms with Gasteiger partial charge < -0.3 is 65.4 Å². The lowest BCUT2D eigenvalue weighted by Crippen LogP contribution is -2.65. The Morgan fingerprint density at radius 2 is 1.65 bits per heavy atom. The third-order valence-electron chi connectivity index (χ3n) is 5.68. The Hall–Kier alpha value is -1.01. The summed E-state index contributed by atoms with van der Waals surface area (Å²) in [5.74, 6) is -0.168. The molecule has 0 aromatic carbocycles. The third-order valence-corrected chi connectivity index (χ3v) is 5.68. The molecule has 0 spiro atoms. The molecule has 14 heteroatoms. The SMILES string of the molecule is COCC1O[C@H](OCCNC(=O)CCCCN)C(O)C(O[C@H]2OC(CO)[C@@H](O)C(O)C2O)[C@@H]1O. The van der Waals surface area contributed by atoms with E-state index in [0.717, 1.165) is 6.42 Å². The number of unbranched alkanes of at least 4 members (excludes halogenated alkanes) is 1. The van der Waals surface area contributed by atoms with Gasteiger partial charge in [0.15, 0.2) is 12.6 Å². The van der Waals surface area contributed by atoms with Crippen LogP contribution in [-0.2, 0) is 28.5 Å². The minimum Gasteiger partial charge on any atom is -0.394 e. The van der Waals surface area contributed by atoms with E-state index >= 15 is 0 Å². The van der Waals surface area contributed by atoms with Gasteiger partial charge in [-0.3, -0.25) is 4.79 Å². The lowest BCUT2D eigenvalue weighted by Gasteiger charge is -2.46. The Morgan fingerprint density at radius 3 is 2.29 bits per heavy atom. The van der Waals surface area contributed by atoms with E-state index in [2.05, 4.69) is 5.32 Å². The summed E-state index contributed by atoms with van der Waals surface area (Å²) in [5, 5.41) is 63.5. The van der Waals surface area contributed by atoms with Crippen molar-refractivity contribution in [2.24, 2.45) is 5.73 Å². The van der Waals surface area contributed by atoms with Crippen LogP contribution in [0.25, 0.3) is 0 Å². The lowest BCUT2D eigenvalue weighted by atomic mass is 9.97. The molecule has 6 unspecified atom stereocenters. The zero-order valence-corrected chi connectivity index (χ0v) is 19.1. The fraction of sp³-hybridized carbons (Fsp3) is 0.950. The van der Waals surface area contributed by atoms with Gasteiger partial charge >= 0.3 is 0 Å². The first-order valence-electron chi connectivity index (χ1n) is 11.3. The van der Waals surface area contributed by atoms with Crippen molar-refractivity contribution < 1.29 is 59.1 Å². The molecule has 0 aromatic rings. The quantitative estimate of drug-likeness (QED) is 0.112. The van der Waals surface area contributed by atoms with Gasteiger partial charge in [-0.1, -0.05) is 0 Å². The van der Waals surface area contributed by atoms with Gasteiger partial charge in [0.1, 0.15) is 48.8 Å². The number of aliphatic hydroxyl groups excluding tert-OH is 6. The second-order valence-corrected chi connectivity index (χ2v) is 8.24. The number of hydrogen-bond donors (Lipinski definition) is 8. The normalized spacial score (nSPS) is 38.6. The third kappa shape index (κ3) is 7.74. The summed E-state index contributed by atoms with van der Waals surface area (Å²) in [5.41, 5.74) is 5.40. The number of methoxy groups -OCH3 is 1. The zero-order chi connectivity index (χ0) is 25.3. The van der Waals surface area contributed by atoms with Gasteiger partial charge in [-0.25, -0.2) is 0 Å². The van der Waals surface area contributed by atoms with Crippen molar-refractivity contribution in [3.63, 3.8) is 0 Å². The van der Waals surface area contributed by atoms with Gasteiger partial charge in [-0.05, 0) is 19.4 Å².